The average molecular weight is 434 g/mol. The molecule has 0 radical (unpaired) electrons. The van der Waals surface area contributed by atoms with E-state index < -0.39 is 5.60 Å². The van der Waals surface area contributed by atoms with Crippen molar-refractivity contribution in [3.63, 3.8) is 0 Å². The maximum absolute atomic E-state index is 13.4. The molecule has 5 aliphatic rings. The average Bonchev–Trinajstić information content (AvgIpc) is 3.11. The quantitative estimate of drug-likeness (QED) is 0.712. The van der Waals surface area contributed by atoms with E-state index in [-0.39, 0.29) is 23.4 Å². The smallest absolute Gasteiger partial charge is 0.150 e. The molecule has 1 heterocycles. The van der Waals surface area contributed by atoms with Crippen LogP contribution in [-0.4, -0.2) is 66.0 Å². The highest BCUT2D eigenvalue weighted by Crippen LogP contribution is 2.68. The molecule has 0 bridgehead atoms. The first-order chi connectivity index (χ1) is 14.8. The van der Waals surface area contributed by atoms with Gasteiger partial charge in [0.05, 0.1) is 25.4 Å². The summed E-state index contributed by atoms with van der Waals surface area (Å²) >= 11 is 0. The standard InChI is InChI=1S/C26H43NO4/c1-24(30)9-10-26(17-28)18(15-24)3-4-19-20-5-6-22(25(20,2)8-7-21(19)26)23(29)16-27-11-13-31-14-12-27/h18-22,28,30H,3-17H2,1-2H3/t18-,19-,20-,21?,22+,24+,25-,26+/m0/s1. The number of rotatable bonds is 4. The number of fused-ring (bicyclic) bond motifs is 5. The number of aliphatic hydroxyl groups is 2. The Morgan fingerprint density at radius 3 is 2.52 bits per heavy atom. The van der Waals surface area contributed by atoms with Gasteiger partial charge in [0.15, 0.2) is 0 Å². The van der Waals surface area contributed by atoms with Crippen molar-refractivity contribution in [2.75, 3.05) is 39.5 Å². The topological polar surface area (TPSA) is 70.0 Å². The Bertz CT molecular complexity index is 689. The lowest BCUT2D eigenvalue weighted by Crippen LogP contribution is -2.58. The Balaban J connectivity index is 1.33. The zero-order valence-electron chi connectivity index (χ0n) is 19.7. The minimum absolute atomic E-state index is 0.00236. The Kier molecular flexibility index (Phi) is 5.81. The van der Waals surface area contributed by atoms with Crippen molar-refractivity contribution < 1.29 is 19.7 Å². The van der Waals surface area contributed by atoms with Crippen LogP contribution in [0.15, 0.2) is 0 Å². The highest BCUT2D eigenvalue weighted by Gasteiger charge is 2.62. The highest BCUT2D eigenvalue weighted by atomic mass is 16.5. The van der Waals surface area contributed by atoms with E-state index >= 15 is 0 Å². The number of hydrogen-bond acceptors (Lipinski definition) is 5. The fraction of sp³-hybridized carbons (Fsp3) is 0.962. The third-order valence-corrected chi connectivity index (χ3v) is 10.8. The summed E-state index contributed by atoms with van der Waals surface area (Å²) in [5, 5.41) is 21.4. The summed E-state index contributed by atoms with van der Waals surface area (Å²) in [6, 6.07) is 0. The molecule has 0 spiro atoms. The van der Waals surface area contributed by atoms with Gasteiger partial charge in [0.2, 0.25) is 0 Å². The Morgan fingerprint density at radius 2 is 1.77 bits per heavy atom. The van der Waals surface area contributed by atoms with Gasteiger partial charge in [-0.05, 0) is 99.2 Å². The number of hydrogen-bond donors (Lipinski definition) is 2. The van der Waals surface area contributed by atoms with E-state index in [0.717, 1.165) is 71.2 Å². The van der Waals surface area contributed by atoms with Crippen molar-refractivity contribution in [2.45, 2.75) is 77.2 Å². The number of ether oxygens (including phenoxy) is 1. The number of carbonyl (C=O) groups is 1. The summed E-state index contributed by atoms with van der Waals surface area (Å²) < 4.78 is 5.46. The largest absolute Gasteiger partial charge is 0.396 e. The predicted octanol–water partition coefficient (Wildman–Crippen LogP) is 3.27. The second kappa shape index (κ2) is 8.07. The van der Waals surface area contributed by atoms with Crippen LogP contribution in [-0.2, 0) is 9.53 Å². The van der Waals surface area contributed by atoms with E-state index in [4.69, 9.17) is 4.74 Å². The van der Waals surface area contributed by atoms with Gasteiger partial charge >= 0.3 is 0 Å². The van der Waals surface area contributed by atoms with Crippen molar-refractivity contribution in [2.24, 2.45) is 40.4 Å². The van der Waals surface area contributed by atoms with Crippen molar-refractivity contribution in [3.8, 4) is 0 Å². The van der Waals surface area contributed by atoms with Crippen LogP contribution in [0.5, 0.6) is 0 Å². The fourth-order valence-corrected chi connectivity index (χ4v) is 9.16. The lowest BCUT2D eigenvalue weighted by atomic mass is 9.43. The fourth-order valence-electron chi connectivity index (χ4n) is 9.16. The van der Waals surface area contributed by atoms with Crippen LogP contribution in [0.2, 0.25) is 0 Å². The maximum Gasteiger partial charge on any atom is 0.150 e. The van der Waals surface area contributed by atoms with Gasteiger partial charge in [0.25, 0.3) is 0 Å². The van der Waals surface area contributed by atoms with Crippen LogP contribution in [0.25, 0.3) is 0 Å². The second-order valence-electron chi connectivity index (χ2n) is 12.3. The van der Waals surface area contributed by atoms with Gasteiger partial charge in [-0.3, -0.25) is 9.69 Å². The summed E-state index contributed by atoms with van der Waals surface area (Å²) in [5.41, 5.74) is -0.430. The third kappa shape index (κ3) is 3.62. The summed E-state index contributed by atoms with van der Waals surface area (Å²) in [7, 11) is 0. The van der Waals surface area contributed by atoms with E-state index in [1.54, 1.807) is 0 Å². The van der Waals surface area contributed by atoms with E-state index in [0.29, 0.717) is 36.0 Å². The van der Waals surface area contributed by atoms with E-state index in [1.165, 1.54) is 12.8 Å². The van der Waals surface area contributed by atoms with Gasteiger partial charge in [0, 0.05) is 25.6 Å². The number of nitrogens with zero attached hydrogens (tertiary/aromatic N) is 1. The molecule has 4 saturated carbocycles. The SMILES string of the molecule is C[C@@]1(O)CC[C@]2(CO)C3CC[C@]4(C)[C@@H](C(=O)CN5CCOCC5)CC[C@H]4[C@@H]3CC[C@H]2C1. The summed E-state index contributed by atoms with van der Waals surface area (Å²) in [5.74, 6) is 2.95. The molecular formula is C26H43NO4. The Labute approximate surface area is 187 Å². The van der Waals surface area contributed by atoms with Gasteiger partial charge in [-0.2, -0.15) is 0 Å². The minimum atomic E-state index is -0.566. The number of carbonyl (C=O) groups excluding carboxylic acids is 1. The number of ketones is 1. The first-order valence-electron chi connectivity index (χ1n) is 13.0. The van der Waals surface area contributed by atoms with E-state index in [1.807, 2.05) is 6.92 Å². The molecule has 0 aromatic heterocycles. The number of aliphatic hydroxyl groups excluding tert-OH is 1. The van der Waals surface area contributed by atoms with Crippen molar-refractivity contribution in [1.82, 2.24) is 4.90 Å². The van der Waals surface area contributed by atoms with Crippen LogP contribution in [0.3, 0.4) is 0 Å². The van der Waals surface area contributed by atoms with E-state index in [9.17, 15) is 15.0 Å². The van der Waals surface area contributed by atoms with Crippen LogP contribution < -0.4 is 0 Å². The van der Waals surface area contributed by atoms with Crippen molar-refractivity contribution >= 4 is 5.78 Å². The molecule has 4 aliphatic carbocycles. The zero-order chi connectivity index (χ0) is 21.9. The highest BCUT2D eigenvalue weighted by molar-refractivity contribution is 5.84. The first kappa shape index (κ1) is 22.3. The molecule has 0 amide bonds. The molecule has 5 fully saturated rings. The van der Waals surface area contributed by atoms with Gasteiger partial charge in [-0.15, -0.1) is 0 Å². The van der Waals surface area contributed by atoms with Crippen LogP contribution in [0.1, 0.15) is 71.6 Å². The molecule has 0 aromatic carbocycles. The molecule has 176 valence electrons. The van der Waals surface area contributed by atoms with Gasteiger partial charge in [-0.25, -0.2) is 0 Å². The van der Waals surface area contributed by atoms with Gasteiger partial charge in [-0.1, -0.05) is 6.92 Å². The molecule has 0 aromatic rings. The summed E-state index contributed by atoms with van der Waals surface area (Å²) in [6.07, 6.45) is 9.50. The monoisotopic (exact) mass is 433 g/mol. The zero-order valence-corrected chi connectivity index (χ0v) is 19.7. The van der Waals surface area contributed by atoms with Gasteiger partial charge in [0.1, 0.15) is 5.78 Å². The lowest BCUT2D eigenvalue weighted by molar-refractivity contribution is -0.171. The molecule has 5 nitrogen and oxygen atoms in total. The molecule has 1 saturated heterocycles. The van der Waals surface area contributed by atoms with Crippen molar-refractivity contribution in [1.29, 1.82) is 0 Å². The van der Waals surface area contributed by atoms with E-state index in [2.05, 4.69) is 11.8 Å². The second-order valence-corrected chi connectivity index (χ2v) is 12.3. The Hall–Kier alpha value is -0.490. The number of Topliss-reactive ketones (excluding diaryl/α,β-unsaturated/α-hetero) is 1. The molecule has 5 heteroatoms. The molecule has 5 rings (SSSR count). The van der Waals surface area contributed by atoms with Crippen LogP contribution in [0, 0.1) is 40.4 Å². The molecule has 2 N–H and O–H groups in total. The Morgan fingerprint density at radius 1 is 1.00 bits per heavy atom. The molecule has 31 heavy (non-hydrogen) atoms. The van der Waals surface area contributed by atoms with Gasteiger partial charge < -0.3 is 14.9 Å². The van der Waals surface area contributed by atoms with Crippen LogP contribution >= 0.6 is 0 Å². The summed E-state index contributed by atoms with van der Waals surface area (Å²) in [6.45, 7) is 8.55. The summed E-state index contributed by atoms with van der Waals surface area (Å²) in [4.78, 5) is 15.7. The lowest BCUT2D eigenvalue weighted by Gasteiger charge is -2.62. The third-order valence-electron chi connectivity index (χ3n) is 10.8. The molecular weight excluding hydrogens is 390 g/mol. The molecule has 8 atom stereocenters. The minimum Gasteiger partial charge on any atom is -0.396 e. The molecule has 1 unspecified atom stereocenters. The maximum atomic E-state index is 13.4. The normalized spacial score (nSPS) is 50.4. The van der Waals surface area contributed by atoms with Crippen LogP contribution in [0.4, 0.5) is 0 Å². The first-order valence-corrected chi connectivity index (χ1v) is 13.0. The predicted molar refractivity (Wildman–Crippen MR) is 120 cm³/mol. The van der Waals surface area contributed by atoms with Crippen molar-refractivity contribution in [3.05, 3.63) is 0 Å². The molecule has 1 aliphatic heterocycles. The number of morpholine rings is 1.